The van der Waals surface area contributed by atoms with Crippen LogP contribution in [0.25, 0.3) is 0 Å². The summed E-state index contributed by atoms with van der Waals surface area (Å²) in [5.74, 6) is -0.414. The Morgan fingerprint density at radius 2 is 2.00 bits per heavy atom. The molecule has 1 atom stereocenters. The van der Waals surface area contributed by atoms with Crippen molar-refractivity contribution in [1.29, 1.82) is 0 Å². The summed E-state index contributed by atoms with van der Waals surface area (Å²) in [6, 6.07) is 3.13. The monoisotopic (exact) mass is 259 g/mol. The Bertz CT molecular complexity index is 401. The van der Waals surface area contributed by atoms with Crippen LogP contribution in [0.4, 0.5) is 4.39 Å². The molecule has 2 nitrogen and oxygen atoms in total. The second-order valence-electron chi connectivity index (χ2n) is 5.21. The van der Waals surface area contributed by atoms with E-state index < -0.39 is 11.9 Å². The molecule has 1 rings (SSSR count). The zero-order valence-electron chi connectivity index (χ0n) is 10.4. The topological polar surface area (TPSA) is 46.2 Å². The van der Waals surface area contributed by atoms with Gasteiger partial charge < -0.3 is 10.8 Å². The molecule has 0 aliphatic rings. The molecule has 1 aromatic carbocycles. The molecule has 17 heavy (non-hydrogen) atoms. The van der Waals surface area contributed by atoms with E-state index in [1.165, 1.54) is 6.07 Å². The minimum Gasteiger partial charge on any atom is -0.388 e. The predicted octanol–water partition coefficient (Wildman–Crippen LogP) is 3.16. The molecule has 4 heteroatoms. The van der Waals surface area contributed by atoms with Crippen LogP contribution >= 0.6 is 11.6 Å². The summed E-state index contributed by atoms with van der Waals surface area (Å²) in [4.78, 5) is 0. The fourth-order valence-electron chi connectivity index (χ4n) is 1.67. The minimum absolute atomic E-state index is 0.0449. The van der Waals surface area contributed by atoms with E-state index in [1.54, 1.807) is 6.07 Å². The molecular formula is C13H19ClFNO. The number of nitrogens with two attached hydrogens (primary N) is 1. The van der Waals surface area contributed by atoms with E-state index in [4.69, 9.17) is 17.3 Å². The van der Waals surface area contributed by atoms with Gasteiger partial charge in [-0.2, -0.15) is 0 Å². The van der Waals surface area contributed by atoms with Crippen molar-refractivity contribution in [2.24, 2.45) is 5.73 Å². The van der Waals surface area contributed by atoms with Gasteiger partial charge in [0.1, 0.15) is 5.82 Å². The third-order valence-corrected chi connectivity index (χ3v) is 2.96. The second kappa shape index (κ2) is 5.34. The zero-order chi connectivity index (χ0) is 13.2. The Kier molecular flexibility index (Phi) is 4.53. The highest BCUT2D eigenvalue weighted by atomic mass is 35.5. The summed E-state index contributed by atoms with van der Waals surface area (Å²) < 4.78 is 13.9. The highest BCUT2D eigenvalue weighted by Gasteiger charge is 2.22. The molecule has 0 heterocycles. The highest BCUT2D eigenvalue weighted by Crippen LogP contribution is 2.32. The Hall–Kier alpha value is -0.640. The van der Waals surface area contributed by atoms with Crippen LogP contribution in [-0.2, 0) is 5.41 Å². The lowest BCUT2D eigenvalue weighted by Crippen LogP contribution is -2.15. The fraction of sp³-hybridized carbons (Fsp3) is 0.538. The van der Waals surface area contributed by atoms with E-state index in [9.17, 15) is 9.50 Å². The van der Waals surface area contributed by atoms with Gasteiger partial charge in [-0.1, -0.05) is 32.4 Å². The quantitative estimate of drug-likeness (QED) is 0.876. The summed E-state index contributed by atoms with van der Waals surface area (Å²) in [6.07, 6.45) is -0.259. The van der Waals surface area contributed by atoms with Gasteiger partial charge in [0.25, 0.3) is 0 Å². The van der Waals surface area contributed by atoms with E-state index in [-0.39, 0.29) is 10.4 Å². The normalized spacial score (nSPS) is 13.8. The predicted molar refractivity (Wildman–Crippen MR) is 68.7 cm³/mol. The van der Waals surface area contributed by atoms with Crippen molar-refractivity contribution in [2.75, 3.05) is 6.54 Å². The first-order valence-electron chi connectivity index (χ1n) is 5.65. The van der Waals surface area contributed by atoms with Gasteiger partial charge in [-0.25, -0.2) is 4.39 Å². The smallest absolute Gasteiger partial charge is 0.145 e. The Morgan fingerprint density at radius 3 is 2.47 bits per heavy atom. The number of hydrogen-bond donors (Lipinski definition) is 2. The molecule has 0 spiro atoms. The molecule has 0 aromatic heterocycles. The van der Waals surface area contributed by atoms with Crippen molar-refractivity contribution < 1.29 is 9.50 Å². The van der Waals surface area contributed by atoms with Crippen molar-refractivity contribution in [1.82, 2.24) is 0 Å². The molecule has 0 aliphatic heterocycles. The Balaban J connectivity index is 3.24. The zero-order valence-corrected chi connectivity index (χ0v) is 11.2. The van der Waals surface area contributed by atoms with Gasteiger partial charge in [0.2, 0.25) is 0 Å². The van der Waals surface area contributed by atoms with Crippen LogP contribution in [0, 0.1) is 5.82 Å². The molecule has 96 valence electrons. The maximum Gasteiger partial charge on any atom is 0.145 e. The molecular weight excluding hydrogens is 241 g/mol. The van der Waals surface area contributed by atoms with Crippen LogP contribution < -0.4 is 5.73 Å². The lowest BCUT2D eigenvalue weighted by molar-refractivity contribution is 0.170. The molecule has 0 saturated carbocycles. The number of hydrogen-bond acceptors (Lipinski definition) is 2. The molecule has 0 fully saturated rings. The van der Waals surface area contributed by atoms with E-state index in [0.717, 1.165) is 0 Å². The van der Waals surface area contributed by atoms with Crippen LogP contribution in [0.1, 0.15) is 44.4 Å². The van der Waals surface area contributed by atoms with Crippen molar-refractivity contribution in [3.63, 3.8) is 0 Å². The third kappa shape index (κ3) is 3.41. The first kappa shape index (κ1) is 14.4. The second-order valence-corrected chi connectivity index (χ2v) is 5.61. The van der Waals surface area contributed by atoms with Gasteiger partial charge in [-0.05, 0) is 41.6 Å². The van der Waals surface area contributed by atoms with Crippen molar-refractivity contribution in [3.05, 3.63) is 34.1 Å². The maximum absolute atomic E-state index is 13.9. The summed E-state index contributed by atoms with van der Waals surface area (Å²) in [7, 11) is 0. The number of rotatable bonds is 3. The van der Waals surface area contributed by atoms with Crippen molar-refractivity contribution in [2.45, 2.75) is 38.7 Å². The fourth-order valence-corrected chi connectivity index (χ4v) is 1.90. The van der Waals surface area contributed by atoms with Gasteiger partial charge in [-0.3, -0.25) is 0 Å². The largest absolute Gasteiger partial charge is 0.388 e. The molecule has 1 aromatic rings. The summed E-state index contributed by atoms with van der Waals surface area (Å²) >= 11 is 5.85. The van der Waals surface area contributed by atoms with Crippen LogP contribution in [0.15, 0.2) is 12.1 Å². The van der Waals surface area contributed by atoms with Gasteiger partial charge in [-0.15, -0.1) is 0 Å². The number of benzene rings is 1. The molecule has 0 radical (unpaired) electrons. The first-order chi connectivity index (χ1) is 7.77. The Labute approximate surface area is 107 Å². The van der Waals surface area contributed by atoms with Crippen molar-refractivity contribution in [3.8, 4) is 0 Å². The molecule has 0 saturated heterocycles. The summed E-state index contributed by atoms with van der Waals surface area (Å²) in [5.41, 5.74) is 6.16. The number of aliphatic hydroxyl groups excluding tert-OH is 1. The van der Waals surface area contributed by atoms with E-state index in [0.29, 0.717) is 24.1 Å². The number of halogens is 2. The van der Waals surface area contributed by atoms with Gasteiger partial charge in [0, 0.05) is 0 Å². The summed E-state index contributed by atoms with van der Waals surface area (Å²) in [5, 5.41) is 9.91. The summed E-state index contributed by atoms with van der Waals surface area (Å²) in [6.45, 7) is 6.09. The maximum atomic E-state index is 13.9. The first-order valence-corrected chi connectivity index (χ1v) is 6.02. The average molecular weight is 260 g/mol. The molecule has 0 unspecified atom stereocenters. The molecule has 0 aliphatic carbocycles. The SMILES string of the molecule is CC(C)(C)c1cc([C@H](O)CCN)cc(Cl)c1F. The molecule has 3 N–H and O–H groups in total. The molecule has 0 amide bonds. The lowest BCUT2D eigenvalue weighted by Gasteiger charge is -2.22. The highest BCUT2D eigenvalue weighted by molar-refractivity contribution is 6.30. The third-order valence-electron chi connectivity index (χ3n) is 2.68. The van der Waals surface area contributed by atoms with Crippen LogP contribution in [0.5, 0.6) is 0 Å². The van der Waals surface area contributed by atoms with E-state index in [2.05, 4.69) is 0 Å². The lowest BCUT2D eigenvalue weighted by atomic mass is 9.85. The van der Waals surface area contributed by atoms with Gasteiger partial charge in [0.15, 0.2) is 0 Å². The Morgan fingerprint density at radius 1 is 1.41 bits per heavy atom. The van der Waals surface area contributed by atoms with Crippen molar-refractivity contribution >= 4 is 11.6 Å². The van der Waals surface area contributed by atoms with E-state index in [1.807, 2.05) is 20.8 Å². The average Bonchev–Trinajstić information content (AvgIpc) is 2.20. The van der Waals surface area contributed by atoms with Crippen LogP contribution in [-0.4, -0.2) is 11.7 Å². The number of aliphatic hydroxyl groups is 1. The van der Waals surface area contributed by atoms with Crippen LogP contribution in [0.2, 0.25) is 5.02 Å². The van der Waals surface area contributed by atoms with Gasteiger partial charge in [0.05, 0.1) is 11.1 Å². The standard InChI is InChI=1S/C13H19ClFNO/c1-13(2,3)9-6-8(11(17)4-5-16)7-10(14)12(9)15/h6-7,11,17H,4-5,16H2,1-3H3/t11-/m1/s1. The van der Waals surface area contributed by atoms with Crippen LogP contribution in [0.3, 0.4) is 0 Å². The van der Waals surface area contributed by atoms with E-state index >= 15 is 0 Å². The minimum atomic E-state index is -0.695. The van der Waals surface area contributed by atoms with Gasteiger partial charge >= 0.3 is 0 Å². The molecule has 0 bridgehead atoms.